The van der Waals surface area contributed by atoms with E-state index in [2.05, 4.69) is 22.8 Å². The normalized spacial score (nSPS) is 14.1. The average Bonchev–Trinajstić information content (AvgIpc) is 2.71. The number of amides is 1. The van der Waals surface area contributed by atoms with Crippen molar-refractivity contribution < 1.29 is 24.4 Å². The molecule has 1 aliphatic rings. The van der Waals surface area contributed by atoms with Crippen molar-refractivity contribution >= 4 is 17.7 Å². The maximum Gasteiger partial charge on any atom is 0.312 e. The third kappa shape index (κ3) is 6.09. The summed E-state index contributed by atoms with van der Waals surface area (Å²) in [4.78, 5) is 28.2. The summed E-state index contributed by atoms with van der Waals surface area (Å²) in [7, 11) is 0. The van der Waals surface area contributed by atoms with Crippen molar-refractivity contribution in [3.8, 4) is 0 Å². The van der Waals surface area contributed by atoms with E-state index in [1.54, 1.807) is 6.07 Å². The van der Waals surface area contributed by atoms with Crippen LogP contribution in [0.5, 0.6) is 0 Å². The highest BCUT2D eigenvalue weighted by Crippen LogP contribution is 2.17. The number of hydrogen-bond donors (Lipinski definition) is 3. The van der Waals surface area contributed by atoms with Gasteiger partial charge in [0.15, 0.2) is 0 Å². The molecule has 2 aromatic rings. The van der Waals surface area contributed by atoms with E-state index >= 15 is 0 Å². The van der Waals surface area contributed by atoms with E-state index in [0.29, 0.717) is 18.4 Å². The molecule has 1 aromatic carbocycles. The topological polar surface area (TPSA) is 95.9 Å². The van der Waals surface area contributed by atoms with Crippen molar-refractivity contribution in [3.63, 3.8) is 0 Å². The Bertz CT molecular complexity index is 872. The number of carboxylic acid groups (broad SMARTS) is 1. The molecule has 0 bridgehead atoms. The molecule has 0 saturated heterocycles. The maximum absolute atomic E-state index is 13.3. The van der Waals surface area contributed by atoms with Gasteiger partial charge in [-0.2, -0.15) is 0 Å². The average molecular weight is 400 g/mol. The van der Waals surface area contributed by atoms with Crippen LogP contribution < -0.4 is 10.6 Å². The number of halogens is 1. The number of carbonyl (C=O) groups is 2. The highest BCUT2D eigenvalue weighted by atomic mass is 19.1. The lowest BCUT2D eigenvalue weighted by Crippen LogP contribution is -2.80. The van der Waals surface area contributed by atoms with Crippen molar-refractivity contribution in [2.45, 2.75) is 44.4 Å². The van der Waals surface area contributed by atoms with Crippen LogP contribution in [0.4, 0.5) is 10.2 Å². The van der Waals surface area contributed by atoms with Crippen LogP contribution in [0.3, 0.4) is 0 Å². The summed E-state index contributed by atoms with van der Waals surface area (Å²) in [6.45, 7) is 1.02. The van der Waals surface area contributed by atoms with E-state index in [-0.39, 0.29) is 12.5 Å². The number of carboxylic acids is 1. The second kappa shape index (κ2) is 10.1. The van der Waals surface area contributed by atoms with Crippen molar-refractivity contribution in [1.82, 2.24) is 10.3 Å². The highest BCUT2D eigenvalue weighted by Gasteiger charge is 2.21. The molecule has 0 radical (unpaired) electrons. The SMILES string of the molecule is O=C(CCCCc1ccc2c(n1)[NH2+]CCC2)NCC(C(=O)O)c1cccc(F)c1. The fourth-order valence-electron chi connectivity index (χ4n) is 3.57. The van der Waals surface area contributed by atoms with Crippen LogP contribution in [0.2, 0.25) is 0 Å². The summed E-state index contributed by atoms with van der Waals surface area (Å²) < 4.78 is 13.3. The zero-order chi connectivity index (χ0) is 20.6. The van der Waals surface area contributed by atoms with Gasteiger partial charge in [-0.15, -0.1) is 0 Å². The molecule has 1 amide bonds. The zero-order valence-corrected chi connectivity index (χ0v) is 16.4. The second-order valence-corrected chi connectivity index (χ2v) is 7.40. The number of quaternary nitrogens is 1. The number of nitrogens with two attached hydrogens (primary N) is 1. The van der Waals surface area contributed by atoms with Crippen LogP contribution in [0.1, 0.15) is 48.4 Å². The molecular weight excluding hydrogens is 373 g/mol. The Hall–Kier alpha value is -2.80. The molecule has 1 atom stereocenters. The highest BCUT2D eigenvalue weighted by molar-refractivity contribution is 5.79. The number of carbonyl (C=O) groups excluding carboxylic acids is 1. The number of pyridine rings is 1. The van der Waals surface area contributed by atoms with Gasteiger partial charge in [0.25, 0.3) is 0 Å². The van der Waals surface area contributed by atoms with Crippen LogP contribution >= 0.6 is 0 Å². The van der Waals surface area contributed by atoms with Crippen LogP contribution in [-0.4, -0.2) is 35.1 Å². The van der Waals surface area contributed by atoms with Gasteiger partial charge in [-0.25, -0.2) is 9.37 Å². The van der Waals surface area contributed by atoms with E-state index < -0.39 is 17.7 Å². The molecule has 6 nitrogen and oxygen atoms in total. The minimum absolute atomic E-state index is 0.0557. The molecule has 1 aromatic heterocycles. The van der Waals surface area contributed by atoms with Crippen LogP contribution in [0, 0.1) is 5.82 Å². The third-order valence-electron chi connectivity index (χ3n) is 5.20. The molecule has 0 aliphatic carbocycles. The van der Waals surface area contributed by atoms with E-state index in [1.165, 1.54) is 30.2 Å². The van der Waals surface area contributed by atoms with Gasteiger partial charge in [-0.3, -0.25) is 14.9 Å². The minimum atomic E-state index is -1.09. The Morgan fingerprint density at radius 2 is 2.10 bits per heavy atom. The van der Waals surface area contributed by atoms with Crippen LogP contribution in [-0.2, 0) is 22.4 Å². The first kappa shape index (κ1) is 20.9. The minimum Gasteiger partial charge on any atom is -0.481 e. The van der Waals surface area contributed by atoms with Crippen molar-refractivity contribution in [2.75, 3.05) is 13.1 Å². The Labute approximate surface area is 169 Å². The van der Waals surface area contributed by atoms with Gasteiger partial charge < -0.3 is 10.4 Å². The Morgan fingerprint density at radius 3 is 2.90 bits per heavy atom. The maximum atomic E-state index is 13.3. The standard InChI is InChI=1S/C22H26FN3O3/c23-17-7-3-5-16(13-17)19(22(28)29)14-25-20(27)9-2-1-8-18-11-10-15-6-4-12-24-21(15)26-18/h3,5,7,10-11,13,19H,1-2,4,6,8-9,12,14H2,(H,24,26)(H,25,27)(H,28,29)/p+1. The molecule has 154 valence electrons. The first-order valence-electron chi connectivity index (χ1n) is 10.1. The summed E-state index contributed by atoms with van der Waals surface area (Å²) >= 11 is 0. The summed E-state index contributed by atoms with van der Waals surface area (Å²) in [5, 5.41) is 14.2. The predicted octanol–water partition coefficient (Wildman–Crippen LogP) is 2.06. The fraction of sp³-hybridized carbons (Fsp3) is 0.409. The molecule has 1 aliphatic heterocycles. The molecule has 0 saturated carbocycles. The first-order valence-corrected chi connectivity index (χ1v) is 10.1. The number of unbranched alkanes of at least 4 members (excludes halogenated alkanes) is 1. The first-order chi connectivity index (χ1) is 14.0. The fourth-order valence-corrected chi connectivity index (χ4v) is 3.57. The van der Waals surface area contributed by atoms with E-state index in [0.717, 1.165) is 37.3 Å². The number of aromatic nitrogens is 1. The molecule has 0 spiro atoms. The predicted molar refractivity (Wildman–Crippen MR) is 106 cm³/mol. The molecule has 1 unspecified atom stereocenters. The number of benzene rings is 1. The Kier molecular flexibility index (Phi) is 7.30. The number of rotatable bonds is 9. The van der Waals surface area contributed by atoms with Crippen molar-refractivity contribution in [3.05, 3.63) is 59.0 Å². The number of hydrogen-bond acceptors (Lipinski definition) is 3. The Balaban J connectivity index is 1.41. The molecular formula is C22H27FN3O3+. The molecule has 7 heteroatoms. The lowest BCUT2D eigenvalue weighted by molar-refractivity contribution is -0.579. The van der Waals surface area contributed by atoms with Gasteiger partial charge in [0.1, 0.15) is 5.82 Å². The van der Waals surface area contributed by atoms with Gasteiger partial charge in [0.05, 0.1) is 12.5 Å². The monoisotopic (exact) mass is 400 g/mol. The summed E-state index contributed by atoms with van der Waals surface area (Å²) in [6.07, 6.45) is 4.96. The van der Waals surface area contributed by atoms with Gasteiger partial charge in [0.2, 0.25) is 11.7 Å². The lowest BCUT2D eigenvalue weighted by atomic mass is 9.99. The quantitative estimate of drug-likeness (QED) is 0.562. The van der Waals surface area contributed by atoms with Gasteiger partial charge in [-0.1, -0.05) is 12.1 Å². The number of aryl methyl sites for hydroxylation is 2. The van der Waals surface area contributed by atoms with Crippen LogP contribution in [0.15, 0.2) is 36.4 Å². The zero-order valence-electron chi connectivity index (χ0n) is 16.4. The summed E-state index contributed by atoms with van der Waals surface area (Å²) in [5.74, 6) is -1.65. The molecule has 29 heavy (non-hydrogen) atoms. The molecule has 0 fully saturated rings. The summed E-state index contributed by atoms with van der Waals surface area (Å²) in [6, 6.07) is 9.68. The number of fused-ring (bicyclic) bond motifs is 1. The smallest absolute Gasteiger partial charge is 0.312 e. The lowest BCUT2D eigenvalue weighted by Gasteiger charge is -2.14. The number of nitrogens with one attached hydrogen (secondary N) is 1. The van der Waals surface area contributed by atoms with E-state index in [4.69, 9.17) is 4.98 Å². The van der Waals surface area contributed by atoms with Crippen LogP contribution in [0.25, 0.3) is 0 Å². The number of nitrogens with zero attached hydrogens (tertiary/aromatic N) is 1. The number of aliphatic carboxylic acids is 1. The molecule has 4 N–H and O–H groups in total. The van der Waals surface area contributed by atoms with Gasteiger partial charge >= 0.3 is 5.97 Å². The van der Waals surface area contributed by atoms with Crippen molar-refractivity contribution in [2.24, 2.45) is 0 Å². The van der Waals surface area contributed by atoms with Gasteiger partial charge in [0, 0.05) is 30.6 Å². The largest absolute Gasteiger partial charge is 0.481 e. The third-order valence-corrected chi connectivity index (χ3v) is 5.20. The molecule has 2 heterocycles. The molecule has 3 rings (SSSR count). The van der Waals surface area contributed by atoms with E-state index in [9.17, 15) is 19.1 Å². The Morgan fingerprint density at radius 1 is 1.24 bits per heavy atom. The second-order valence-electron chi connectivity index (χ2n) is 7.40. The summed E-state index contributed by atoms with van der Waals surface area (Å²) in [5.41, 5.74) is 2.69. The van der Waals surface area contributed by atoms with Crippen molar-refractivity contribution in [1.29, 1.82) is 0 Å². The van der Waals surface area contributed by atoms with Gasteiger partial charge in [-0.05, 0) is 55.5 Å². The van der Waals surface area contributed by atoms with E-state index in [1.807, 2.05) is 0 Å².